The van der Waals surface area contributed by atoms with E-state index in [-0.39, 0.29) is 0 Å². The molecule has 1 aliphatic rings. The Bertz CT molecular complexity index is 230. The second kappa shape index (κ2) is 26.9. The summed E-state index contributed by atoms with van der Waals surface area (Å²) in [5, 5.41) is 0. The van der Waals surface area contributed by atoms with Crippen LogP contribution in [-0.4, -0.2) is 19.8 Å². The molecule has 0 aromatic carbocycles. The minimum Gasteiger partial charge on any atom is -0.377 e. The van der Waals surface area contributed by atoms with Crippen molar-refractivity contribution in [2.45, 2.75) is 148 Å². The van der Waals surface area contributed by atoms with Gasteiger partial charge < -0.3 is 10.5 Å². The molecule has 1 rings (SSSR count). The summed E-state index contributed by atoms with van der Waals surface area (Å²) < 4.78 is 4.50. The van der Waals surface area contributed by atoms with Gasteiger partial charge in [-0.05, 0) is 13.0 Å². The SMILES string of the molecule is C1CO1.CCCCCCCCCCCCCCCCCCCCCCCCN. The first-order chi connectivity index (χ1) is 13.9. The molecule has 0 aliphatic carbocycles. The standard InChI is InChI=1S/C24H51N.C2H4O/c1-2-3-4-5-6-7-8-9-10-11-12-13-14-15-16-17-18-19-20-21-22-23-24-25;1-2-3-1/h2-25H2,1H3;1-2H2. The lowest BCUT2D eigenvalue weighted by Gasteiger charge is -2.04. The minimum absolute atomic E-state index is 0.874. The summed E-state index contributed by atoms with van der Waals surface area (Å²) in [6.07, 6.45) is 31.8. The lowest BCUT2D eigenvalue weighted by Crippen LogP contribution is -1.97. The molecule has 2 nitrogen and oxygen atoms in total. The van der Waals surface area contributed by atoms with Gasteiger partial charge in [0.15, 0.2) is 0 Å². The van der Waals surface area contributed by atoms with Crippen molar-refractivity contribution in [3.8, 4) is 0 Å². The van der Waals surface area contributed by atoms with Crippen LogP contribution in [0.15, 0.2) is 0 Å². The molecule has 0 spiro atoms. The van der Waals surface area contributed by atoms with E-state index < -0.39 is 0 Å². The molecule has 170 valence electrons. The van der Waals surface area contributed by atoms with Crippen molar-refractivity contribution >= 4 is 0 Å². The fourth-order valence-corrected chi connectivity index (χ4v) is 3.75. The topological polar surface area (TPSA) is 38.5 Å². The van der Waals surface area contributed by atoms with Gasteiger partial charge in [-0.25, -0.2) is 0 Å². The molecule has 0 radical (unpaired) electrons. The van der Waals surface area contributed by atoms with Gasteiger partial charge in [0.05, 0.1) is 13.2 Å². The Morgan fingerprint density at radius 1 is 0.429 bits per heavy atom. The predicted octanol–water partition coefficient (Wildman–Crippen LogP) is 8.56. The molecule has 0 unspecified atom stereocenters. The Morgan fingerprint density at radius 2 is 0.643 bits per heavy atom. The van der Waals surface area contributed by atoms with Crippen LogP contribution in [0.2, 0.25) is 0 Å². The summed E-state index contributed by atoms with van der Waals surface area (Å²) in [6.45, 7) is 5.17. The first-order valence-corrected chi connectivity index (χ1v) is 13.2. The van der Waals surface area contributed by atoms with Crippen LogP contribution in [0.4, 0.5) is 0 Å². The molecule has 1 fully saturated rings. The zero-order valence-electron chi connectivity index (χ0n) is 19.7. The van der Waals surface area contributed by atoms with Gasteiger partial charge in [-0.15, -0.1) is 0 Å². The Hall–Kier alpha value is -0.0800. The molecule has 1 heterocycles. The van der Waals surface area contributed by atoms with Gasteiger partial charge in [-0.1, -0.05) is 142 Å². The van der Waals surface area contributed by atoms with Crippen molar-refractivity contribution in [3.63, 3.8) is 0 Å². The molecule has 1 aliphatic heterocycles. The molecule has 2 N–H and O–H groups in total. The number of ether oxygens (including phenoxy) is 1. The highest BCUT2D eigenvalue weighted by Crippen LogP contribution is 2.15. The summed E-state index contributed by atoms with van der Waals surface area (Å²) >= 11 is 0. The van der Waals surface area contributed by atoms with E-state index in [4.69, 9.17) is 5.73 Å². The summed E-state index contributed by atoms with van der Waals surface area (Å²) in [7, 11) is 0. The molecule has 0 aromatic heterocycles. The Balaban J connectivity index is 0.00000219. The van der Waals surface area contributed by atoms with Crippen molar-refractivity contribution in [2.75, 3.05) is 19.8 Å². The van der Waals surface area contributed by atoms with Crippen LogP contribution < -0.4 is 5.73 Å². The molecule has 1 saturated heterocycles. The smallest absolute Gasteiger partial charge is 0.0701 e. The van der Waals surface area contributed by atoms with Crippen molar-refractivity contribution in [1.29, 1.82) is 0 Å². The van der Waals surface area contributed by atoms with Gasteiger partial charge in [0, 0.05) is 0 Å². The highest BCUT2D eigenvalue weighted by Gasteiger charge is 1.95. The monoisotopic (exact) mass is 397 g/mol. The number of rotatable bonds is 22. The molecule has 28 heavy (non-hydrogen) atoms. The molecule has 0 saturated carbocycles. The van der Waals surface area contributed by atoms with Gasteiger partial charge in [-0.2, -0.15) is 0 Å². The fourth-order valence-electron chi connectivity index (χ4n) is 3.75. The maximum Gasteiger partial charge on any atom is 0.0701 e. The van der Waals surface area contributed by atoms with E-state index in [1.165, 1.54) is 141 Å². The summed E-state index contributed by atoms with van der Waals surface area (Å²) in [5.41, 5.74) is 5.51. The largest absolute Gasteiger partial charge is 0.377 e. The number of hydrogen-bond donors (Lipinski definition) is 1. The zero-order chi connectivity index (χ0) is 20.4. The van der Waals surface area contributed by atoms with Crippen LogP contribution in [0.5, 0.6) is 0 Å². The number of nitrogens with two attached hydrogens (primary N) is 1. The second-order valence-corrected chi connectivity index (χ2v) is 8.83. The molecule has 0 atom stereocenters. The Kier molecular flexibility index (Phi) is 26.8. The van der Waals surface area contributed by atoms with Crippen LogP contribution in [0.25, 0.3) is 0 Å². The number of unbranched alkanes of at least 4 members (excludes halogenated alkanes) is 21. The zero-order valence-corrected chi connectivity index (χ0v) is 19.7. The third-order valence-corrected chi connectivity index (χ3v) is 5.76. The van der Waals surface area contributed by atoms with E-state index in [9.17, 15) is 0 Å². The average Bonchev–Trinajstić information content (AvgIpc) is 3.58. The first kappa shape index (κ1) is 27.9. The van der Waals surface area contributed by atoms with E-state index in [1.807, 2.05) is 0 Å². The molecule has 0 amide bonds. The van der Waals surface area contributed by atoms with Crippen molar-refractivity contribution in [2.24, 2.45) is 5.73 Å². The van der Waals surface area contributed by atoms with E-state index >= 15 is 0 Å². The van der Waals surface area contributed by atoms with Crippen LogP contribution >= 0.6 is 0 Å². The highest BCUT2D eigenvalue weighted by atomic mass is 16.6. The summed E-state index contributed by atoms with van der Waals surface area (Å²) in [5.74, 6) is 0. The van der Waals surface area contributed by atoms with E-state index in [1.54, 1.807) is 0 Å². The molecule has 0 aromatic rings. The summed E-state index contributed by atoms with van der Waals surface area (Å²) in [4.78, 5) is 0. The molecular formula is C26H55NO. The third kappa shape index (κ3) is 30.6. The van der Waals surface area contributed by atoms with Gasteiger partial charge >= 0.3 is 0 Å². The van der Waals surface area contributed by atoms with Gasteiger partial charge in [0.2, 0.25) is 0 Å². The number of hydrogen-bond acceptors (Lipinski definition) is 2. The van der Waals surface area contributed by atoms with Gasteiger partial charge in [-0.3, -0.25) is 0 Å². The van der Waals surface area contributed by atoms with Gasteiger partial charge in [0.25, 0.3) is 0 Å². The lowest BCUT2D eigenvalue weighted by atomic mass is 10.0. The Labute approximate surface area is 178 Å². The fraction of sp³-hybridized carbons (Fsp3) is 1.00. The van der Waals surface area contributed by atoms with Crippen LogP contribution in [0, 0.1) is 0 Å². The van der Waals surface area contributed by atoms with Crippen molar-refractivity contribution in [3.05, 3.63) is 0 Å². The van der Waals surface area contributed by atoms with Crippen molar-refractivity contribution < 1.29 is 4.74 Å². The first-order valence-electron chi connectivity index (χ1n) is 13.2. The quantitative estimate of drug-likeness (QED) is 0.147. The van der Waals surface area contributed by atoms with E-state index in [2.05, 4.69) is 11.7 Å². The summed E-state index contributed by atoms with van der Waals surface area (Å²) in [6, 6.07) is 0. The maximum absolute atomic E-state index is 5.51. The normalized spacial score (nSPS) is 12.6. The van der Waals surface area contributed by atoms with E-state index in [0.717, 1.165) is 19.8 Å². The average molecular weight is 398 g/mol. The van der Waals surface area contributed by atoms with Crippen LogP contribution in [0.3, 0.4) is 0 Å². The molecule has 0 bridgehead atoms. The third-order valence-electron chi connectivity index (χ3n) is 5.76. The minimum atomic E-state index is 0.874. The molecule has 2 heteroatoms. The number of epoxide rings is 1. The maximum atomic E-state index is 5.51. The second-order valence-electron chi connectivity index (χ2n) is 8.83. The predicted molar refractivity (Wildman–Crippen MR) is 127 cm³/mol. The van der Waals surface area contributed by atoms with E-state index in [0.29, 0.717) is 0 Å². The highest BCUT2D eigenvalue weighted by molar-refractivity contribution is 4.51. The lowest BCUT2D eigenvalue weighted by molar-refractivity contribution is 0.475. The van der Waals surface area contributed by atoms with Gasteiger partial charge in [0.1, 0.15) is 0 Å². The Morgan fingerprint density at radius 3 is 0.821 bits per heavy atom. The van der Waals surface area contributed by atoms with Crippen LogP contribution in [-0.2, 0) is 4.74 Å². The van der Waals surface area contributed by atoms with Crippen molar-refractivity contribution in [1.82, 2.24) is 0 Å². The van der Waals surface area contributed by atoms with Crippen LogP contribution in [0.1, 0.15) is 148 Å². The molecular weight excluding hydrogens is 342 g/mol.